The minimum Gasteiger partial charge on any atom is -0.512 e. The molecule has 4 nitrogen and oxygen atoms in total. The summed E-state index contributed by atoms with van der Waals surface area (Å²) in [6.07, 6.45) is 5.38. The summed E-state index contributed by atoms with van der Waals surface area (Å²) in [5.41, 5.74) is 2.52. The minimum absolute atomic E-state index is 0.211. The van der Waals surface area contributed by atoms with E-state index in [9.17, 15) is 9.90 Å². The zero-order valence-electron chi connectivity index (χ0n) is 7.68. The average Bonchev–Trinajstić information content (AvgIpc) is 2.11. The summed E-state index contributed by atoms with van der Waals surface area (Å²) in [6.45, 7) is 0. The largest absolute Gasteiger partial charge is 0.512 e. The van der Waals surface area contributed by atoms with Crippen molar-refractivity contribution >= 4 is 5.91 Å². The summed E-state index contributed by atoms with van der Waals surface area (Å²) in [4.78, 5) is 11.2. The second-order valence-electron chi connectivity index (χ2n) is 3.31. The average molecular weight is 184 g/mol. The van der Waals surface area contributed by atoms with Crippen LogP contribution in [0.1, 0.15) is 38.5 Å². The Kier molecular flexibility index (Phi) is 3.76. The third-order valence-electron chi connectivity index (χ3n) is 2.34. The fourth-order valence-corrected chi connectivity index (χ4v) is 1.57. The summed E-state index contributed by atoms with van der Waals surface area (Å²) in [5.74, 6) is 4.87. The Balaban J connectivity index is 2.73. The van der Waals surface area contributed by atoms with Gasteiger partial charge in [-0.25, -0.2) is 5.84 Å². The molecular formula is C9H16N2O2. The van der Waals surface area contributed by atoms with Crippen LogP contribution in [0.3, 0.4) is 0 Å². The Bertz CT molecular complexity index is 224. The normalized spacial score (nSPS) is 19.2. The molecule has 0 bridgehead atoms. The maximum absolute atomic E-state index is 11.2. The highest BCUT2D eigenvalue weighted by Crippen LogP contribution is 2.21. The van der Waals surface area contributed by atoms with E-state index in [-0.39, 0.29) is 11.7 Å². The number of nitrogens with two attached hydrogens (primary N) is 1. The molecule has 0 aromatic carbocycles. The third-order valence-corrected chi connectivity index (χ3v) is 2.34. The summed E-state index contributed by atoms with van der Waals surface area (Å²) < 4.78 is 0. The zero-order valence-corrected chi connectivity index (χ0v) is 7.68. The number of aliphatic hydroxyl groups is 1. The smallest absolute Gasteiger partial charge is 0.264 e. The van der Waals surface area contributed by atoms with Gasteiger partial charge in [0, 0.05) is 6.42 Å². The van der Waals surface area contributed by atoms with Crippen LogP contribution >= 0.6 is 0 Å². The first kappa shape index (κ1) is 10.1. The van der Waals surface area contributed by atoms with Gasteiger partial charge in [-0.1, -0.05) is 12.8 Å². The molecule has 0 fully saturated rings. The molecule has 74 valence electrons. The van der Waals surface area contributed by atoms with Crippen molar-refractivity contribution < 1.29 is 9.90 Å². The summed E-state index contributed by atoms with van der Waals surface area (Å²) in [6, 6.07) is 0. The van der Waals surface area contributed by atoms with Gasteiger partial charge in [-0.05, 0) is 19.3 Å². The molecule has 0 atom stereocenters. The highest BCUT2D eigenvalue weighted by atomic mass is 16.3. The van der Waals surface area contributed by atoms with Crippen molar-refractivity contribution in [1.82, 2.24) is 5.43 Å². The molecule has 0 spiro atoms. The van der Waals surface area contributed by atoms with Crippen molar-refractivity contribution in [3.8, 4) is 0 Å². The van der Waals surface area contributed by atoms with E-state index in [4.69, 9.17) is 5.84 Å². The van der Waals surface area contributed by atoms with E-state index in [0.717, 1.165) is 25.7 Å². The number of nitrogens with one attached hydrogen (secondary N) is 1. The van der Waals surface area contributed by atoms with E-state index in [1.807, 2.05) is 0 Å². The van der Waals surface area contributed by atoms with Gasteiger partial charge in [-0.3, -0.25) is 10.2 Å². The quantitative estimate of drug-likeness (QED) is 0.325. The molecule has 0 unspecified atom stereocenters. The molecule has 0 saturated carbocycles. The van der Waals surface area contributed by atoms with Gasteiger partial charge < -0.3 is 5.11 Å². The molecule has 0 aliphatic heterocycles. The Morgan fingerprint density at radius 2 is 1.85 bits per heavy atom. The highest BCUT2D eigenvalue weighted by Gasteiger charge is 2.15. The molecule has 4 heteroatoms. The van der Waals surface area contributed by atoms with Gasteiger partial charge >= 0.3 is 0 Å². The van der Waals surface area contributed by atoms with E-state index in [2.05, 4.69) is 5.43 Å². The summed E-state index contributed by atoms with van der Waals surface area (Å²) in [5, 5.41) is 9.54. The molecule has 0 aromatic heterocycles. The maximum atomic E-state index is 11.2. The van der Waals surface area contributed by atoms with Crippen LogP contribution in [-0.4, -0.2) is 11.0 Å². The van der Waals surface area contributed by atoms with E-state index in [1.165, 1.54) is 0 Å². The van der Waals surface area contributed by atoms with E-state index in [1.54, 1.807) is 0 Å². The Morgan fingerprint density at radius 1 is 1.23 bits per heavy atom. The van der Waals surface area contributed by atoms with Crippen LogP contribution in [0.25, 0.3) is 0 Å². The molecule has 4 N–H and O–H groups in total. The molecular weight excluding hydrogens is 168 g/mol. The van der Waals surface area contributed by atoms with Crippen molar-refractivity contribution in [2.75, 3.05) is 0 Å². The van der Waals surface area contributed by atoms with E-state index in [0.29, 0.717) is 18.4 Å². The first-order chi connectivity index (χ1) is 6.25. The molecule has 1 rings (SSSR count). The van der Waals surface area contributed by atoms with Crippen LogP contribution in [0.15, 0.2) is 11.3 Å². The fraction of sp³-hybridized carbons (Fsp3) is 0.667. The highest BCUT2D eigenvalue weighted by molar-refractivity contribution is 5.93. The standard InChI is InChI=1S/C9H16N2O2/c10-11-9(13)7-5-3-1-2-4-6-8(7)12/h12H,1-6,10H2,(H,11,13). The van der Waals surface area contributed by atoms with Crippen LogP contribution in [0.4, 0.5) is 0 Å². The van der Waals surface area contributed by atoms with Crippen molar-refractivity contribution in [1.29, 1.82) is 0 Å². The van der Waals surface area contributed by atoms with Crippen molar-refractivity contribution in [3.05, 3.63) is 11.3 Å². The first-order valence-corrected chi connectivity index (χ1v) is 4.67. The van der Waals surface area contributed by atoms with Crippen LogP contribution in [-0.2, 0) is 4.79 Å². The zero-order chi connectivity index (χ0) is 9.68. The first-order valence-electron chi connectivity index (χ1n) is 4.67. The van der Waals surface area contributed by atoms with Gasteiger partial charge in [0.2, 0.25) is 0 Å². The molecule has 0 heterocycles. The Hall–Kier alpha value is -1.03. The molecule has 0 aromatic rings. The number of carbonyl (C=O) groups is 1. The monoisotopic (exact) mass is 184 g/mol. The molecule has 13 heavy (non-hydrogen) atoms. The number of hydrogen-bond acceptors (Lipinski definition) is 3. The molecule has 0 saturated heterocycles. The Morgan fingerprint density at radius 3 is 2.46 bits per heavy atom. The van der Waals surface area contributed by atoms with Crippen LogP contribution in [0.5, 0.6) is 0 Å². The van der Waals surface area contributed by atoms with Crippen LogP contribution < -0.4 is 11.3 Å². The van der Waals surface area contributed by atoms with Crippen LogP contribution in [0, 0.1) is 0 Å². The van der Waals surface area contributed by atoms with E-state index >= 15 is 0 Å². The molecule has 1 aliphatic rings. The second-order valence-corrected chi connectivity index (χ2v) is 3.31. The van der Waals surface area contributed by atoms with Crippen molar-refractivity contribution in [2.24, 2.45) is 5.84 Å². The number of hydrazine groups is 1. The van der Waals surface area contributed by atoms with Gasteiger partial charge in [0.25, 0.3) is 5.91 Å². The Labute approximate surface area is 77.8 Å². The van der Waals surface area contributed by atoms with Gasteiger partial charge in [0.1, 0.15) is 5.76 Å². The fourth-order valence-electron chi connectivity index (χ4n) is 1.57. The predicted molar refractivity (Wildman–Crippen MR) is 49.7 cm³/mol. The SMILES string of the molecule is NNC(=O)C1=C(O)CCCCCC1. The number of amides is 1. The third kappa shape index (κ3) is 2.73. The van der Waals surface area contributed by atoms with Gasteiger partial charge in [0.15, 0.2) is 0 Å². The maximum Gasteiger partial charge on any atom is 0.264 e. The summed E-state index contributed by atoms with van der Waals surface area (Å²) in [7, 11) is 0. The van der Waals surface area contributed by atoms with Gasteiger partial charge in [0.05, 0.1) is 5.57 Å². The van der Waals surface area contributed by atoms with Gasteiger partial charge in [-0.15, -0.1) is 0 Å². The molecule has 0 radical (unpaired) electrons. The number of rotatable bonds is 1. The summed E-state index contributed by atoms with van der Waals surface area (Å²) >= 11 is 0. The minimum atomic E-state index is -0.348. The lowest BCUT2D eigenvalue weighted by Crippen LogP contribution is -2.32. The lowest BCUT2D eigenvalue weighted by atomic mass is 9.98. The number of carbonyl (C=O) groups excluding carboxylic acids is 1. The van der Waals surface area contributed by atoms with Crippen molar-refractivity contribution in [3.63, 3.8) is 0 Å². The number of allylic oxidation sites excluding steroid dienone is 1. The molecule has 1 amide bonds. The lowest BCUT2D eigenvalue weighted by molar-refractivity contribution is -0.117. The lowest BCUT2D eigenvalue weighted by Gasteiger charge is -2.12. The predicted octanol–water partition coefficient (Wildman–Crippen LogP) is 1.14. The van der Waals surface area contributed by atoms with E-state index < -0.39 is 0 Å². The van der Waals surface area contributed by atoms with Crippen LogP contribution in [0.2, 0.25) is 0 Å². The number of hydrogen-bond donors (Lipinski definition) is 3. The van der Waals surface area contributed by atoms with Gasteiger partial charge in [-0.2, -0.15) is 0 Å². The topological polar surface area (TPSA) is 75.3 Å². The number of aliphatic hydroxyl groups excluding tert-OH is 1. The molecule has 1 aliphatic carbocycles. The van der Waals surface area contributed by atoms with Crippen molar-refractivity contribution in [2.45, 2.75) is 38.5 Å². The second kappa shape index (κ2) is 4.87.